The summed E-state index contributed by atoms with van der Waals surface area (Å²) in [5.41, 5.74) is 0. The number of nitrogens with zero attached hydrogens (tertiary/aromatic N) is 1. The van der Waals surface area contributed by atoms with E-state index in [1.807, 2.05) is 0 Å². The summed E-state index contributed by atoms with van der Waals surface area (Å²) in [6, 6.07) is 2.84. The highest BCUT2D eigenvalue weighted by molar-refractivity contribution is 7.91. The summed E-state index contributed by atoms with van der Waals surface area (Å²) < 4.78 is 26.2. The largest absolute Gasteiger partial charge is 0.395 e. The molecule has 0 unspecified atom stereocenters. The van der Waals surface area contributed by atoms with Gasteiger partial charge in [0.05, 0.1) is 10.9 Å². The van der Waals surface area contributed by atoms with Crippen LogP contribution in [0.3, 0.4) is 0 Å². The molecule has 0 bridgehead atoms. The molecule has 1 aromatic heterocycles. The lowest BCUT2D eigenvalue weighted by molar-refractivity contribution is 0.237. The third-order valence-corrected chi connectivity index (χ3v) is 5.78. The summed E-state index contributed by atoms with van der Waals surface area (Å²) in [5.74, 6) is 0. The zero-order chi connectivity index (χ0) is 12.3. The number of rotatable bonds is 5. The molecule has 0 amide bonds. The summed E-state index contributed by atoms with van der Waals surface area (Å²) in [7, 11) is -3.53. The van der Waals surface area contributed by atoms with E-state index in [0.29, 0.717) is 4.34 Å². The van der Waals surface area contributed by atoms with Gasteiger partial charge in [-0.05, 0) is 26.0 Å². The van der Waals surface area contributed by atoms with Crippen LogP contribution in [0.25, 0.3) is 0 Å². The van der Waals surface area contributed by atoms with Crippen molar-refractivity contribution in [3.05, 3.63) is 16.5 Å². The molecule has 0 aliphatic rings. The Morgan fingerprint density at radius 3 is 2.50 bits per heavy atom. The molecular formula is C9H14ClNO3S2. The summed E-state index contributed by atoms with van der Waals surface area (Å²) in [5, 5.41) is 8.87. The van der Waals surface area contributed by atoms with E-state index in [1.54, 1.807) is 19.9 Å². The molecule has 7 heteroatoms. The van der Waals surface area contributed by atoms with Crippen LogP contribution >= 0.6 is 22.9 Å². The molecule has 1 rings (SSSR count). The molecule has 0 saturated heterocycles. The molecule has 0 aliphatic carbocycles. The number of hydrogen-bond acceptors (Lipinski definition) is 4. The lowest BCUT2D eigenvalue weighted by Crippen LogP contribution is -2.38. The predicted octanol–water partition coefficient (Wildman–Crippen LogP) is 1.79. The van der Waals surface area contributed by atoms with E-state index in [1.165, 1.54) is 10.4 Å². The maximum atomic E-state index is 12.1. The second-order valence-corrected chi connectivity index (χ2v) is 7.32. The first-order valence-electron chi connectivity index (χ1n) is 4.77. The number of aliphatic hydroxyl groups is 1. The molecule has 0 aliphatic heterocycles. The van der Waals surface area contributed by atoms with Gasteiger partial charge < -0.3 is 5.11 Å². The van der Waals surface area contributed by atoms with Crippen LogP contribution in [0.15, 0.2) is 16.3 Å². The second kappa shape index (κ2) is 5.46. The molecule has 0 atom stereocenters. The van der Waals surface area contributed by atoms with Crippen molar-refractivity contribution in [3.8, 4) is 0 Å². The Bertz CT molecular complexity index is 441. The minimum Gasteiger partial charge on any atom is -0.395 e. The molecule has 0 saturated carbocycles. The van der Waals surface area contributed by atoms with Crippen LogP contribution in [0.4, 0.5) is 0 Å². The van der Waals surface area contributed by atoms with Crippen molar-refractivity contribution >= 4 is 33.0 Å². The van der Waals surface area contributed by atoms with Gasteiger partial charge in [0, 0.05) is 12.6 Å². The van der Waals surface area contributed by atoms with Crippen molar-refractivity contribution in [3.63, 3.8) is 0 Å². The number of thiophene rings is 1. The second-order valence-electron chi connectivity index (χ2n) is 3.49. The zero-order valence-corrected chi connectivity index (χ0v) is 11.4. The van der Waals surface area contributed by atoms with E-state index in [2.05, 4.69) is 0 Å². The van der Waals surface area contributed by atoms with Crippen LogP contribution in [-0.4, -0.2) is 37.0 Å². The number of aliphatic hydroxyl groups excluding tert-OH is 1. The van der Waals surface area contributed by atoms with E-state index >= 15 is 0 Å². The molecule has 0 radical (unpaired) electrons. The van der Waals surface area contributed by atoms with Crippen LogP contribution in [-0.2, 0) is 10.0 Å². The van der Waals surface area contributed by atoms with E-state index in [0.717, 1.165) is 11.3 Å². The third-order valence-electron chi connectivity index (χ3n) is 2.01. The molecule has 92 valence electrons. The van der Waals surface area contributed by atoms with Crippen LogP contribution in [0, 0.1) is 0 Å². The van der Waals surface area contributed by atoms with Crippen LogP contribution in [0.2, 0.25) is 4.34 Å². The van der Waals surface area contributed by atoms with E-state index < -0.39 is 10.0 Å². The first kappa shape index (κ1) is 13.9. The molecule has 0 fully saturated rings. The Balaban J connectivity index is 3.08. The number of halogens is 1. The maximum Gasteiger partial charge on any atom is 0.252 e. The standard InChI is InChI=1S/C9H14ClNO3S2/c1-7(2)11(5-6-12)16(13,14)9-4-3-8(10)15-9/h3-4,7,12H,5-6H2,1-2H3. The van der Waals surface area contributed by atoms with Gasteiger partial charge in [-0.15, -0.1) is 11.3 Å². The molecule has 1 aromatic rings. The predicted molar refractivity (Wildman–Crippen MR) is 65.4 cm³/mol. The maximum absolute atomic E-state index is 12.1. The van der Waals surface area contributed by atoms with E-state index in [9.17, 15) is 8.42 Å². The van der Waals surface area contributed by atoms with Crippen molar-refractivity contribution in [1.29, 1.82) is 0 Å². The first-order valence-corrected chi connectivity index (χ1v) is 7.41. The van der Waals surface area contributed by atoms with Gasteiger partial charge in [0.15, 0.2) is 0 Å². The fourth-order valence-electron chi connectivity index (χ4n) is 1.31. The quantitative estimate of drug-likeness (QED) is 0.896. The Labute approximate surface area is 105 Å². The number of hydrogen-bond donors (Lipinski definition) is 1. The average molecular weight is 284 g/mol. The molecule has 0 spiro atoms. The lowest BCUT2D eigenvalue weighted by atomic mass is 10.4. The number of sulfonamides is 1. The van der Waals surface area contributed by atoms with Crippen LogP contribution in [0.5, 0.6) is 0 Å². The average Bonchev–Trinajstić information content (AvgIpc) is 2.61. The third kappa shape index (κ3) is 2.95. The Morgan fingerprint density at radius 2 is 2.12 bits per heavy atom. The monoisotopic (exact) mass is 283 g/mol. The van der Waals surface area contributed by atoms with Crippen molar-refractivity contribution in [2.24, 2.45) is 0 Å². The van der Waals surface area contributed by atoms with Gasteiger partial charge in [0.1, 0.15) is 4.21 Å². The fraction of sp³-hybridized carbons (Fsp3) is 0.556. The Morgan fingerprint density at radius 1 is 1.50 bits per heavy atom. The first-order chi connectivity index (χ1) is 7.39. The van der Waals surface area contributed by atoms with Gasteiger partial charge in [-0.1, -0.05) is 11.6 Å². The topological polar surface area (TPSA) is 57.6 Å². The lowest BCUT2D eigenvalue weighted by Gasteiger charge is -2.24. The van der Waals surface area contributed by atoms with Gasteiger partial charge >= 0.3 is 0 Å². The van der Waals surface area contributed by atoms with E-state index in [-0.39, 0.29) is 23.4 Å². The molecular weight excluding hydrogens is 270 g/mol. The fourth-order valence-corrected chi connectivity index (χ4v) is 4.55. The van der Waals surface area contributed by atoms with Crippen molar-refractivity contribution < 1.29 is 13.5 Å². The smallest absolute Gasteiger partial charge is 0.252 e. The summed E-state index contributed by atoms with van der Waals surface area (Å²) >= 11 is 6.73. The van der Waals surface area contributed by atoms with Gasteiger partial charge in [0.25, 0.3) is 10.0 Å². The Hall–Kier alpha value is -0.140. The van der Waals surface area contributed by atoms with Gasteiger partial charge in [0.2, 0.25) is 0 Å². The highest BCUT2D eigenvalue weighted by Crippen LogP contribution is 2.28. The molecule has 16 heavy (non-hydrogen) atoms. The van der Waals surface area contributed by atoms with Gasteiger partial charge in [-0.2, -0.15) is 4.31 Å². The highest BCUT2D eigenvalue weighted by Gasteiger charge is 2.27. The van der Waals surface area contributed by atoms with E-state index in [4.69, 9.17) is 16.7 Å². The van der Waals surface area contributed by atoms with Crippen LogP contribution in [0.1, 0.15) is 13.8 Å². The minimum atomic E-state index is -3.53. The van der Waals surface area contributed by atoms with Crippen molar-refractivity contribution in [2.75, 3.05) is 13.2 Å². The SMILES string of the molecule is CC(C)N(CCO)S(=O)(=O)c1ccc(Cl)s1. The highest BCUT2D eigenvalue weighted by atomic mass is 35.5. The normalized spacial score (nSPS) is 12.6. The summed E-state index contributed by atoms with van der Waals surface area (Å²) in [6.07, 6.45) is 0. The van der Waals surface area contributed by atoms with Crippen LogP contribution < -0.4 is 0 Å². The van der Waals surface area contributed by atoms with Gasteiger partial charge in [-0.25, -0.2) is 8.42 Å². The van der Waals surface area contributed by atoms with Crippen molar-refractivity contribution in [2.45, 2.75) is 24.1 Å². The molecule has 4 nitrogen and oxygen atoms in total. The molecule has 1 heterocycles. The summed E-state index contributed by atoms with van der Waals surface area (Å²) in [6.45, 7) is 3.43. The molecule has 0 aromatic carbocycles. The van der Waals surface area contributed by atoms with Gasteiger partial charge in [-0.3, -0.25) is 0 Å². The Kier molecular flexibility index (Phi) is 4.75. The summed E-state index contributed by atoms with van der Waals surface area (Å²) in [4.78, 5) is 0. The zero-order valence-electron chi connectivity index (χ0n) is 9.05. The minimum absolute atomic E-state index is 0.0928. The molecule has 1 N–H and O–H groups in total. The van der Waals surface area contributed by atoms with Crippen molar-refractivity contribution in [1.82, 2.24) is 4.31 Å².